The molecule has 0 unspecified atom stereocenters. The molecule has 0 aliphatic heterocycles. The van der Waals surface area contributed by atoms with Gasteiger partial charge in [-0.3, -0.25) is 0 Å². The third-order valence-corrected chi connectivity index (χ3v) is 1.36. The van der Waals surface area contributed by atoms with Gasteiger partial charge in [0.1, 0.15) is 0 Å². The molecule has 1 nitrogen and oxygen atoms in total. The van der Waals surface area contributed by atoms with E-state index in [1.165, 1.54) is 0 Å². The van der Waals surface area contributed by atoms with E-state index < -0.39 is 0 Å². The first kappa shape index (κ1) is 12.5. The monoisotopic (exact) mass is 190 g/mol. The second-order valence-corrected chi connectivity index (χ2v) is 2.56. The molecule has 0 radical (unpaired) electrons. The number of ether oxygens (including phenoxy) is 1. The quantitative estimate of drug-likeness (QED) is 0.457. The van der Waals surface area contributed by atoms with E-state index in [0.29, 0.717) is 0 Å². The van der Waals surface area contributed by atoms with E-state index in [1.807, 2.05) is 48.6 Å². The molecule has 0 atom stereocenters. The van der Waals surface area contributed by atoms with Crippen LogP contribution < -0.4 is 0 Å². The Morgan fingerprint density at radius 2 is 1.29 bits per heavy atom. The summed E-state index contributed by atoms with van der Waals surface area (Å²) in [5.41, 5.74) is 0. The molecule has 0 N–H and O–H groups in total. The third kappa shape index (κ3) is 10.5. The van der Waals surface area contributed by atoms with Crippen LogP contribution in [0.1, 0.15) is 13.3 Å². The number of methoxy groups -OCH3 is 1. The average molecular weight is 190 g/mol. The smallest absolute Gasteiger partial charge is 0.0824 e. The lowest BCUT2D eigenvalue weighted by Crippen LogP contribution is -1.60. The second-order valence-electron chi connectivity index (χ2n) is 2.56. The standard InChI is InChI=1S/C13H18O/c1-3-4-5-6-7-8-9-10-11-12-13-14-2/h4-13H,3H2,1-2H3/b5-4+,7-6+,9-8+,11-10+,13-12+. The highest BCUT2D eigenvalue weighted by molar-refractivity contribution is 5.17. The van der Waals surface area contributed by atoms with Crippen molar-refractivity contribution in [2.75, 3.05) is 7.11 Å². The van der Waals surface area contributed by atoms with E-state index >= 15 is 0 Å². The van der Waals surface area contributed by atoms with Crippen LogP contribution in [-0.2, 0) is 4.74 Å². The molecule has 0 saturated carbocycles. The molecule has 0 aromatic heterocycles. The minimum absolute atomic E-state index is 1.08. The summed E-state index contributed by atoms with van der Waals surface area (Å²) in [5, 5.41) is 0. The van der Waals surface area contributed by atoms with Crippen LogP contribution in [0.2, 0.25) is 0 Å². The fourth-order valence-electron chi connectivity index (χ4n) is 0.723. The Hall–Kier alpha value is -1.50. The lowest BCUT2D eigenvalue weighted by molar-refractivity contribution is 0.338. The summed E-state index contributed by atoms with van der Waals surface area (Å²) in [4.78, 5) is 0. The first-order chi connectivity index (χ1) is 6.91. The molecular formula is C13H18O. The molecule has 0 bridgehead atoms. The zero-order valence-corrected chi connectivity index (χ0v) is 8.89. The number of hydrogen-bond acceptors (Lipinski definition) is 1. The van der Waals surface area contributed by atoms with Crippen molar-refractivity contribution in [3.05, 3.63) is 60.9 Å². The fraction of sp³-hybridized carbons (Fsp3) is 0.231. The maximum absolute atomic E-state index is 4.73. The highest BCUT2D eigenvalue weighted by Crippen LogP contribution is 1.85. The lowest BCUT2D eigenvalue weighted by Gasteiger charge is -1.79. The minimum atomic E-state index is 1.08. The van der Waals surface area contributed by atoms with E-state index in [-0.39, 0.29) is 0 Å². The van der Waals surface area contributed by atoms with Crippen molar-refractivity contribution in [3.63, 3.8) is 0 Å². The number of allylic oxidation sites excluding steroid dienone is 9. The van der Waals surface area contributed by atoms with Gasteiger partial charge in [-0.25, -0.2) is 0 Å². The van der Waals surface area contributed by atoms with E-state index in [0.717, 1.165) is 6.42 Å². The summed E-state index contributed by atoms with van der Waals surface area (Å²) in [7, 11) is 1.63. The molecule has 0 aliphatic rings. The predicted molar refractivity (Wildman–Crippen MR) is 63.0 cm³/mol. The highest BCUT2D eigenvalue weighted by Gasteiger charge is 1.64. The maximum atomic E-state index is 4.73. The molecule has 0 aromatic rings. The van der Waals surface area contributed by atoms with Crippen LogP contribution in [0.4, 0.5) is 0 Å². The van der Waals surface area contributed by atoms with E-state index in [2.05, 4.69) is 13.0 Å². The largest absolute Gasteiger partial charge is 0.504 e. The van der Waals surface area contributed by atoms with Crippen LogP contribution in [0.15, 0.2) is 60.9 Å². The molecular weight excluding hydrogens is 172 g/mol. The van der Waals surface area contributed by atoms with Crippen LogP contribution in [0.5, 0.6) is 0 Å². The van der Waals surface area contributed by atoms with Gasteiger partial charge < -0.3 is 4.74 Å². The fourth-order valence-corrected chi connectivity index (χ4v) is 0.723. The Labute approximate surface area is 86.8 Å². The van der Waals surface area contributed by atoms with Crippen LogP contribution >= 0.6 is 0 Å². The molecule has 14 heavy (non-hydrogen) atoms. The molecule has 0 spiro atoms. The molecule has 0 saturated heterocycles. The van der Waals surface area contributed by atoms with Crippen molar-refractivity contribution in [3.8, 4) is 0 Å². The van der Waals surface area contributed by atoms with Gasteiger partial charge in [-0.2, -0.15) is 0 Å². The number of rotatable bonds is 6. The van der Waals surface area contributed by atoms with Gasteiger partial charge in [0.05, 0.1) is 13.4 Å². The Morgan fingerprint density at radius 3 is 1.79 bits per heavy atom. The zero-order valence-electron chi connectivity index (χ0n) is 8.89. The van der Waals surface area contributed by atoms with Crippen molar-refractivity contribution in [2.45, 2.75) is 13.3 Å². The van der Waals surface area contributed by atoms with Crippen LogP contribution in [0.25, 0.3) is 0 Å². The predicted octanol–water partition coefficient (Wildman–Crippen LogP) is 3.78. The molecule has 1 heteroatoms. The summed E-state index contributed by atoms with van der Waals surface area (Å²) in [6.45, 7) is 2.12. The Morgan fingerprint density at radius 1 is 0.786 bits per heavy atom. The van der Waals surface area contributed by atoms with E-state index in [9.17, 15) is 0 Å². The molecule has 0 aliphatic carbocycles. The van der Waals surface area contributed by atoms with Gasteiger partial charge >= 0.3 is 0 Å². The summed E-state index contributed by atoms with van der Waals surface area (Å²) < 4.78 is 4.73. The molecule has 0 heterocycles. The van der Waals surface area contributed by atoms with Crippen LogP contribution in [-0.4, -0.2) is 7.11 Å². The second kappa shape index (κ2) is 11.5. The van der Waals surface area contributed by atoms with Gasteiger partial charge in [-0.15, -0.1) is 0 Å². The first-order valence-corrected chi connectivity index (χ1v) is 4.76. The van der Waals surface area contributed by atoms with Crippen molar-refractivity contribution >= 4 is 0 Å². The molecule has 0 aromatic carbocycles. The van der Waals surface area contributed by atoms with E-state index in [1.54, 1.807) is 13.4 Å². The van der Waals surface area contributed by atoms with Crippen molar-refractivity contribution in [2.24, 2.45) is 0 Å². The summed E-state index contributed by atoms with van der Waals surface area (Å²) >= 11 is 0. The van der Waals surface area contributed by atoms with Gasteiger partial charge in [0, 0.05) is 0 Å². The van der Waals surface area contributed by atoms with Crippen molar-refractivity contribution < 1.29 is 4.74 Å². The third-order valence-electron chi connectivity index (χ3n) is 1.36. The Kier molecular flexibility index (Phi) is 10.3. The van der Waals surface area contributed by atoms with Crippen LogP contribution in [0.3, 0.4) is 0 Å². The highest BCUT2D eigenvalue weighted by atomic mass is 16.5. The number of hydrogen-bond donors (Lipinski definition) is 0. The topological polar surface area (TPSA) is 9.23 Å². The summed E-state index contributed by atoms with van der Waals surface area (Å²) in [6.07, 6.45) is 20.5. The maximum Gasteiger partial charge on any atom is 0.0824 e. The summed E-state index contributed by atoms with van der Waals surface area (Å²) in [5.74, 6) is 0. The Bertz CT molecular complexity index is 216. The molecule has 0 amide bonds. The molecule has 0 rings (SSSR count). The molecule has 76 valence electrons. The average Bonchev–Trinajstić information content (AvgIpc) is 2.21. The Balaban J connectivity index is 3.62. The zero-order chi connectivity index (χ0) is 10.5. The molecule has 0 fully saturated rings. The normalized spacial score (nSPS) is 13.3. The van der Waals surface area contributed by atoms with Gasteiger partial charge in [-0.05, 0) is 12.5 Å². The first-order valence-electron chi connectivity index (χ1n) is 4.76. The van der Waals surface area contributed by atoms with Gasteiger partial charge in [0.2, 0.25) is 0 Å². The SMILES string of the molecule is CC/C=C/C=C/C=C/C=C/C=C/OC. The van der Waals surface area contributed by atoms with Gasteiger partial charge in [0.15, 0.2) is 0 Å². The van der Waals surface area contributed by atoms with Crippen molar-refractivity contribution in [1.82, 2.24) is 0 Å². The van der Waals surface area contributed by atoms with Gasteiger partial charge in [-0.1, -0.05) is 55.5 Å². The van der Waals surface area contributed by atoms with Gasteiger partial charge in [0.25, 0.3) is 0 Å². The van der Waals surface area contributed by atoms with E-state index in [4.69, 9.17) is 4.74 Å². The minimum Gasteiger partial charge on any atom is -0.504 e. The van der Waals surface area contributed by atoms with Crippen molar-refractivity contribution in [1.29, 1.82) is 0 Å². The van der Waals surface area contributed by atoms with Crippen LogP contribution in [0, 0.1) is 0 Å². The summed E-state index contributed by atoms with van der Waals surface area (Å²) in [6, 6.07) is 0. The lowest BCUT2D eigenvalue weighted by atomic mass is 10.3.